The van der Waals surface area contributed by atoms with E-state index in [1.54, 1.807) is 25.6 Å². The normalized spacial score (nSPS) is 10.8. The van der Waals surface area contributed by atoms with Crippen molar-refractivity contribution in [2.75, 3.05) is 0 Å². The molecule has 0 bridgehead atoms. The van der Waals surface area contributed by atoms with Gasteiger partial charge in [0.1, 0.15) is 5.69 Å². The molecule has 19 heavy (non-hydrogen) atoms. The van der Waals surface area contributed by atoms with Crippen LogP contribution in [0.3, 0.4) is 0 Å². The maximum absolute atomic E-state index is 13.8. The average Bonchev–Trinajstić information content (AvgIpc) is 2.59. The average molecular weight is 331 g/mol. The second kappa shape index (κ2) is 5.28. The summed E-state index contributed by atoms with van der Waals surface area (Å²) in [5.41, 5.74) is 1.81. The summed E-state index contributed by atoms with van der Waals surface area (Å²) in [7, 11) is 1.75. The van der Waals surface area contributed by atoms with E-state index in [1.807, 2.05) is 0 Å². The van der Waals surface area contributed by atoms with E-state index < -0.39 is 17.4 Å². The Balaban J connectivity index is 2.44. The summed E-state index contributed by atoms with van der Waals surface area (Å²) in [5, 5.41) is 4.52. The fourth-order valence-electron chi connectivity index (χ4n) is 1.79. The zero-order valence-electron chi connectivity index (χ0n) is 10.8. The lowest BCUT2D eigenvalue weighted by molar-refractivity contribution is 0.402. The van der Waals surface area contributed by atoms with Gasteiger partial charge in [-0.25, -0.2) is 8.78 Å². The van der Waals surface area contributed by atoms with Crippen molar-refractivity contribution < 1.29 is 13.5 Å². The summed E-state index contributed by atoms with van der Waals surface area (Å²) in [6.45, 7) is 3.50. The van der Waals surface area contributed by atoms with E-state index in [9.17, 15) is 8.78 Å². The summed E-state index contributed by atoms with van der Waals surface area (Å²) in [5.74, 6) is -1.47. The van der Waals surface area contributed by atoms with Gasteiger partial charge in [-0.1, -0.05) is 15.9 Å². The number of nitrogens with zero attached hydrogens (tertiary/aromatic N) is 2. The number of rotatable bonds is 3. The first-order chi connectivity index (χ1) is 8.93. The van der Waals surface area contributed by atoms with Crippen LogP contribution < -0.4 is 4.74 Å². The highest BCUT2D eigenvalue weighted by molar-refractivity contribution is 9.08. The van der Waals surface area contributed by atoms with Crippen molar-refractivity contribution in [3.05, 3.63) is 40.7 Å². The second-order valence-corrected chi connectivity index (χ2v) is 4.81. The molecule has 2 aromatic rings. The minimum Gasteiger partial charge on any atom is -0.447 e. The standard InChI is InChI=1S/C13H13BrF2N2O/c1-7-12(8(2)18(3)17-7)19-13-10(15)4-9(6-14)5-11(13)16/h4-5H,6H2,1-3H3. The van der Waals surface area contributed by atoms with E-state index in [0.717, 1.165) is 0 Å². The summed E-state index contributed by atoms with van der Waals surface area (Å²) in [6, 6.07) is 2.49. The summed E-state index contributed by atoms with van der Waals surface area (Å²) >= 11 is 3.16. The molecule has 1 aromatic carbocycles. The Bertz CT molecular complexity index is 602. The lowest BCUT2D eigenvalue weighted by atomic mass is 10.2. The molecule has 0 aliphatic heterocycles. The van der Waals surface area contributed by atoms with E-state index in [1.165, 1.54) is 12.1 Å². The molecule has 0 atom stereocenters. The number of halogens is 3. The second-order valence-electron chi connectivity index (χ2n) is 4.25. The van der Waals surface area contributed by atoms with E-state index in [4.69, 9.17) is 4.74 Å². The Hall–Kier alpha value is -1.43. The van der Waals surface area contributed by atoms with Gasteiger partial charge >= 0.3 is 0 Å². The first-order valence-corrected chi connectivity index (χ1v) is 6.78. The molecule has 0 saturated heterocycles. The maximum atomic E-state index is 13.8. The molecule has 0 N–H and O–H groups in total. The molecule has 0 unspecified atom stereocenters. The van der Waals surface area contributed by atoms with Crippen molar-refractivity contribution in [2.24, 2.45) is 7.05 Å². The monoisotopic (exact) mass is 330 g/mol. The van der Waals surface area contributed by atoms with Crippen LogP contribution in [0.5, 0.6) is 11.5 Å². The molecule has 0 amide bonds. The Morgan fingerprint density at radius 2 is 1.79 bits per heavy atom. The number of alkyl halides is 1. The Morgan fingerprint density at radius 3 is 2.21 bits per heavy atom. The molecule has 3 nitrogen and oxygen atoms in total. The number of hydrogen-bond acceptors (Lipinski definition) is 2. The fraction of sp³-hybridized carbons (Fsp3) is 0.308. The lowest BCUT2D eigenvalue weighted by Crippen LogP contribution is -1.97. The number of aryl methyl sites for hydroxylation is 2. The summed E-state index contributed by atoms with van der Waals surface area (Å²) in [6.07, 6.45) is 0. The lowest BCUT2D eigenvalue weighted by Gasteiger charge is -2.09. The molecule has 0 spiro atoms. The van der Waals surface area contributed by atoms with Gasteiger partial charge in [0.05, 0.1) is 5.69 Å². The van der Waals surface area contributed by atoms with Gasteiger partial charge in [0.15, 0.2) is 23.1 Å². The summed E-state index contributed by atoms with van der Waals surface area (Å²) in [4.78, 5) is 0. The van der Waals surface area contributed by atoms with Crippen LogP contribution in [-0.4, -0.2) is 9.78 Å². The van der Waals surface area contributed by atoms with Crippen LogP contribution in [0.2, 0.25) is 0 Å². The molecule has 0 aliphatic rings. The number of benzene rings is 1. The van der Waals surface area contributed by atoms with Crippen molar-refractivity contribution in [3.8, 4) is 11.5 Å². The van der Waals surface area contributed by atoms with Crippen LogP contribution in [0.15, 0.2) is 12.1 Å². The van der Waals surface area contributed by atoms with Crippen LogP contribution in [0.1, 0.15) is 17.0 Å². The Morgan fingerprint density at radius 1 is 1.21 bits per heavy atom. The van der Waals surface area contributed by atoms with Gasteiger partial charge in [-0.3, -0.25) is 4.68 Å². The molecular formula is C13H13BrF2N2O. The van der Waals surface area contributed by atoms with Crippen molar-refractivity contribution in [1.29, 1.82) is 0 Å². The molecule has 0 saturated carbocycles. The minimum absolute atomic E-state index is 0.381. The topological polar surface area (TPSA) is 27.1 Å². The van der Waals surface area contributed by atoms with Crippen LogP contribution in [-0.2, 0) is 12.4 Å². The third-order valence-corrected chi connectivity index (χ3v) is 3.51. The molecule has 0 radical (unpaired) electrons. The van der Waals surface area contributed by atoms with Gasteiger partial charge in [0.25, 0.3) is 0 Å². The zero-order chi connectivity index (χ0) is 14.2. The molecule has 1 heterocycles. The molecular weight excluding hydrogens is 318 g/mol. The van der Waals surface area contributed by atoms with E-state index in [-0.39, 0.29) is 0 Å². The third-order valence-electron chi connectivity index (χ3n) is 2.86. The van der Waals surface area contributed by atoms with Gasteiger partial charge in [-0.15, -0.1) is 0 Å². The smallest absolute Gasteiger partial charge is 0.198 e. The quantitative estimate of drug-likeness (QED) is 0.795. The van der Waals surface area contributed by atoms with Gasteiger partial charge in [-0.05, 0) is 31.5 Å². The molecule has 0 fully saturated rings. The SMILES string of the molecule is Cc1nn(C)c(C)c1Oc1c(F)cc(CBr)cc1F. The zero-order valence-corrected chi connectivity index (χ0v) is 12.4. The fourth-order valence-corrected chi connectivity index (χ4v) is 2.11. The predicted molar refractivity (Wildman–Crippen MR) is 71.7 cm³/mol. The minimum atomic E-state index is -0.725. The van der Waals surface area contributed by atoms with Crippen molar-refractivity contribution in [3.63, 3.8) is 0 Å². The van der Waals surface area contributed by atoms with Crippen molar-refractivity contribution >= 4 is 15.9 Å². The van der Waals surface area contributed by atoms with Gasteiger partial charge in [-0.2, -0.15) is 5.10 Å². The summed E-state index contributed by atoms with van der Waals surface area (Å²) < 4.78 is 34.7. The maximum Gasteiger partial charge on any atom is 0.198 e. The van der Waals surface area contributed by atoms with E-state index in [2.05, 4.69) is 21.0 Å². The largest absolute Gasteiger partial charge is 0.447 e. The highest BCUT2D eigenvalue weighted by Crippen LogP contribution is 2.32. The van der Waals surface area contributed by atoms with Crippen LogP contribution in [0, 0.1) is 25.5 Å². The third kappa shape index (κ3) is 2.63. The predicted octanol–water partition coefficient (Wildman–Crippen LogP) is 4.00. The van der Waals surface area contributed by atoms with E-state index >= 15 is 0 Å². The van der Waals surface area contributed by atoms with Crippen LogP contribution in [0.4, 0.5) is 8.78 Å². The number of aromatic nitrogens is 2. The highest BCUT2D eigenvalue weighted by Gasteiger charge is 2.18. The van der Waals surface area contributed by atoms with Gasteiger partial charge < -0.3 is 4.74 Å². The highest BCUT2D eigenvalue weighted by atomic mass is 79.9. The van der Waals surface area contributed by atoms with Crippen molar-refractivity contribution in [2.45, 2.75) is 19.2 Å². The number of hydrogen-bond donors (Lipinski definition) is 0. The van der Waals surface area contributed by atoms with Crippen molar-refractivity contribution in [1.82, 2.24) is 9.78 Å². The Kier molecular flexibility index (Phi) is 3.89. The molecule has 6 heteroatoms. The molecule has 0 aliphatic carbocycles. The van der Waals surface area contributed by atoms with Gasteiger partial charge in [0, 0.05) is 12.4 Å². The van der Waals surface area contributed by atoms with Crippen LogP contribution >= 0.6 is 15.9 Å². The molecule has 102 valence electrons. The number of ether oxygens (including phenoxy) is 1. The first kappa shape index (κ1) is 14.0. The van der Waals surface area contributed by atoms with Crippen LogP contribution in [0.25, 0.3) is 0 Å². The van der Waals surface area contributed by atoms with Gasteiger partial charge in [0.2, 0.25) is 0 Å². The molecule has 1 aromatic heterocycles. The first-order valence-electron chi connectivity index (χ1n) is 5.66. The van der Waals surface area contributed by atoms with E-state index in [0.29, 0.717) is 28.0 Å². The Labute approximate surface area is 118 Å². The molecule has 2 rings (SSSR count).